The molecule has 0 atom stereocenters. The number of hydrogen-bond acceptors (Lipinski definition) is 3. The maximum absolute atomic E-state index is 5.28. The lowest BCUT2D eigenvalue weighted by molar-refractivity contribution is 1.06. The normalized spacial score (nSPS) is 11.5. The molecule has 0 radical (unpaired) electrons. The number of nitrogens with zero attached hydrogens (tertiary/aromatic N) is 5. The van der Waals surface area contributed by atoms with Gasteiger partial charge < -0.3 is 9.13 Å². The van der Waals surface area contributed by atoms with Crippen molar-refractivity contribution in [3.63, 3.8) is 0 Å². The number of rotatable bonds is 7. The van der Waals surface area contributed by atoms with Gasteiger partial charge in [-0.1, -0.05) is 170 Å². The highest BCUT2D eigenvalue weighted by Crippen LogP contribution is 2.41. The summed E-state index contributed by atoms with van der Waals surface area (Å²) in [5, 5.41) is 4.73. The first-order valence-electron chi connectivity index (χ1n) is 20.9. The lowest BCUT2D eigenvalue weighted by atomic mass is 10.0. The van der Waals surface area contributed by atoms with Crippen molar-refractivity contribution in [1.82, 2.24) is 24.1 Å². The number of para-hydroxylation sites is 3. The molecule has 0 saturated carbocycles. The van der Waals surface area contributed by atoms with Gasteiger partial charge in [0.05, 0.1) is 27.8 Å². The standard InChI is InChI=1S/C57H37N5/c1-4-18-38(19-5-1)41-24-16-26-43(34-41)56-58-55(40-22-8-3-9-23-40)59-57(60-56)47-30-12-15-33-52(47)62-51-32-14-11-29-46(51)49-36-53-48(37-54(49)62)45-28-10-13-31-50(45)61(53)44-27-17-25-42(35-44)39-20-6-2-7-21-39/h1-37H. The zero-order valence-electron chi connectivity index (χ0n) is 33.6. The maximum atomic E-state index is 5.28. The van der Waals surface area contributed by atoms with Crippen LogP contribution in [0.1, 0.15) is 0 Å². The van der Waals surface area contributed by atoms with Gasteiger partial charge in [-0.25, -0.2) is 15.0 Å². The number of hydrogen-bond donors (Lipinski definition) is 0. The summed E-state index contributed by atoms with van der Waals surface area (Å²) in [7, 11) is 0. The van der Waals surface area contributed by atoms with Gasteiger partial charge in [-0.15, -0.1) is 0 Å². The lowest BCUT2D eigenvalue weighted by Gasteiger charge is -2.15. The minimum Gasteiger partial charge on any atom is -0.309 e. The highest BCUT2D eigenvalue weighted by atomic mass is 15.1. The Hall–Kier alpha value is -8.41. The molecule has 0 fully saturated rings. The third-order valence-corrected chi connectivity index (χ3v) is 12.0. The zero-order valence-corrected chi connectivity index (χ0v) is 33.6. The zero-order chi connectivity index (χ0) is 41.0. The highest BCUT2D eigenvalue weighted by Gasteiger charge is 2.22. The summed E-state index contributed by atoms with van der Waals surface area (Å²) in [5.41, 5.74) is 14.1. The van der Waals surface area contributed by atoms with E-state index in [1.54, 1.807) is 0 Å². The SMILES string of the molecule is c1ccc(-c2cccc(-c3nc(-c4ccccc4)nc(-c4ccccc4-n4c5ccccc5c5cc6c(cc54)c4ccccc4n6-c4cccc(-c5ccccc5)c4)n3)c2)cc1. The molecule has 9 aromatic carbocycles. The van der Waals surface area contributed by atoms with E-state index in [4.69, 9.17) is 15.0 Å². The van der Waals surface area contributed by atoms with Crippen LogP contribution in [0.15, 0.2) is 224 Å². The molecule has 5 nitrogen and oxygen atoms in total. The third kappa shape index (κ3) is 5.98. The monoisotopic (exact) mass is 791 g/mol. The molecule has 3 heterocycles. The summed E-state index contributed by atoms with van der Waals surface area (Å²) in [4.78, 5) is 15.6. The second kappa shape index (κ2) is 14.7. The summed E-state index contributed by atoms with van der Waals surface area (Å²) in [6.07, 6.45) is 0. The Bertz CT molecular complexity index is 3620. The molecule has 3 aromatic heterocycles. The Morgan fingerprint density at radius 2 is 0.710 bits per heavy atom. The predicted octanol–water partition coefficient (Wildman–Crippen LogP) is 14.4. The quantitative estimate of drug-likeness (QED) is 0.162. The summed E-state index contributed by atoms with van der Waals surface area (Å²) in [6, 6.07) is 79.3. The van der Waals surface area contributed by atoms with Crippen molar-refractivity contribution in [3.05, 3.63) is 224 Å². The van der Waals surface area contributed by atoms with Crippen LogP contribution in [0.25, 0.3) is 111 Å². The molecule has 12 aromatic rings. The van der Waals surface area contributed by atoms with Crippen molar-refractivity contribution < 1.29 is 0 Å². The summed E-state index contributed by atoms with van der Waals surface area (Å²) in [6.45, 7) is 0. The van der Waals surface area contributed by atoms with E-state index < -0.39 is 0 Å². The molecule has 0 unspecified atom stereocenters. The van der Waals surface area contributed by atoms with Crippen LogP contribution in [0.3, 0.4) is 0 Å². The summed E-state index contributed by atoms with van der Waals surface area (Å²) < 4.78 is 4.81. The molecule has 62 heavy (non-hydrogen) atoms. The predicted molar refractivity (Wildman–Crippen MR) is 256 cm³/mol. The average Bonchev–Trinajstić information content (AvgIpc) is 3.86. The van der Waals surface area contributed by atoms with Gasteiger partial charge in [-0.05, 0) is 76.9 Å². The van der Waals surface area contributed by atoms with Crippen LogP contribution in [0.2, 0.25) is 0 Å². The highest BCUT2D eigenvalue weighted by molar-refractivity contribution is 6.19. The van der Waals surface area contributed by atoms with E-state index in [-0.39, 0.29) is 0 Å². The largest absolute Gasteiger partial charge is 0.309 e. The molecule has 12 rings (SSSR count). The van der Waals surface area contributed by atoms with Crippen molar-refractivity contribution in [1.29, 1.82) is 0 Å². The van der Waals surface area contributed by atoms with Crippen LogP contribution in [0, 0.1) is 0 Å². The molecule has 0 saturated heterocycles. The topological polar surface area (TPSA) is 48.5 Å². The fourth-order valence-corrected chi connectivity index (χ4v) is 9.09. The van der Waals surface area contributed by atoms with Gasteiger partial charge in [-0.3, -0.25) is 0 Å². The lowest BCUT2D eigenvalue weighted by Crippen LogP contribution is -2.03. The van der Waals surface area contributed by atoms with E-state index in [1.165, 1.54) is 38.2 Å². The Balaban J connectivity index is 1.09. The number of benzene rings is 9. The Morgan fingerprint density at radius 3 is 1.37 bits per heavy atom. The first kappa shape index (κ1) is 35.5. The Morgan fingerprint density at radius 1 is 0.258 bits per heavy atom. The van der Waals surface area contributed by atoms with E-state index in [2.05, 4.69) is 209 Å². The van der Waals surface area contributed by atoms with E-state index in [1.807, 2.05) is 24.3 Å². The molecule has 0 aliphatic heterocycles. The Labute approximate surface area is 358 Å². The van der Waals surface area contributed by atoms with Gasteiger partial charge in [0.1, 0.15) is 0 Å². The molecule has 0 aliphatic carbocycles. The van der Waals surface area contributed by atoms with Crippen LogP contribution in [0.4, 0.5) is 0 Å². The van der Waals surface area contributed by atoms with E-state index in [0.717, 1.165) is 55.7 Å². The molecular weight excluding hydrogens is 755 g/mol. The van der Waals surface area contributed by atoms with E-state index in [0.29, 0.717) is 17.5 Å². The smallest absolute Gasteiger partial charge is 0.166 e. The van der Waals surface area contributed by atoms with Gasteiger partial charge in [0.2, 0.25) is 0 Å². The fraction of sp³-hybridized carbons (Fsp3) is 0. The number of aromatic nitrogens is 5. The molecule has 290 valence electrons. The molecule has 5 heteroatoms. The fourth-order valence-electron chi connectivity index (χ4n) is 9.09. The van der Waals surface area contributed by atoms with Gasteiger partial charge in [0.25, 0.3) is 0 Å². The summed E-state index contributed by atoms with van der Waals surface area (Å²) in [5.74, 6) is 1.85. The van der Waals surface area contributed by atoms with E-state index >= 15 is 0 Å². The molecule has 0 aliphatic rings. The van der Waals surface area contributed by atoms with Crippen molar-refractivity contribution in [3.8, 4) is 67.8 Å². The van der Waals surface area contributed by atoms with Crippen LogP contribution in [0.5, 0.6) is 0 Å². The maximum Gasteiger partial charge on any atom is 0.166 e. The second-order valence-corrected chi connectivity index (χ2v) is 15.6. The Kier molecular flexibility index (Phi) is 8.42. The molecule has 0 spiro atoms. The molecule has 0 N–H and O–H groups in total. The van der Waals surface area contributed by atoms with Crippen molar-refractivity contribution >= 4 is 43.6 Å². The summed E-state index contributed by atoms with van der Waals surface area (Å²) >= 11 is 0. The molecular formula is C57H37N5. The van der Waals surface area contributed by atoms with Gasteiger partial charge in [0.15, 0.2) is 17.5 Å². The first-order valence-corrected chi connectivity index (χ1v) is 20.9. The van der Waals surface area contributed by atoms with Crippen molar-refractivity contribution in [2.75, 3.05) is 0 Å². The van der Waals surface area contributed by atoms with Crippen LogP contribution >= 0.6 is 0 Å². The van der Waals surface area contributed by atoms with Crippen LogP contribution < -0.4 is 0 Å². The minimum atomic E-state index is 0.608. The van der Waals surface area contributed by atoms with Gasteiger partial charge >= 0.3 is 0 Å². The second-order valence-electron chi connectivity index (χ2n) is 15.6. The van der Waals surface area contributed by atoms with Crippen LogP contribution in [-0.4, -0.2) is 24.1 Å². The average molecular weight is 792 g/mol. The molecule has 0 amide bonds. The number of fused-ring (bicyclic) bond motifs is 6. The molecule has 0 bridgehead atoms. The van der Waals surface area contributed by atoms with Gasteiger partial charge in [0, 0.05) is 43.9 Å². The van der Waals surface area contributed by atoms with Crippen LogP contribution in [-0.2, 0) is 0 Å². The van der Waals surface area contributed by atoms with Crippen molar-refractivity contribution in [2.24, 2.45) is 0 Å². The first-order chi connectivity index (χ1) is 30.7. The van der Waals surface area contributed by atoms with Crippen molar-refractivity contribution in [2.45, 2.75) is 0 Å². The minimum absolute atomic E-state index is 0.608. The van der Waals surface area contributed by atoms with Gasteiger partial charge in [-0.2, -0.15) is 0 Å². The van der Waals surface area contributed by atoms with E-state index in [9.17, 15) is 0 Å². The third-order valence-electron chi connectivity index (χ3n) is 12.0.